The molecule has 0 unspecified atom stereocenters. The first-order valence-corrected chi connectivity index (χ1v) is 9.51. The largest absolute Gasteiger partial charge is 0.481 e. The van der Waals surface area contributed by atoms with Crippen LogP contribution in [-0.4, -0.2) is 21.2 Å². The average molecular weight is 393 g/mol. The quantitative estimate of drug-likeness (QED) is 0.559. The Kier molecular flexibility index (Phi) is 4.40. The van der Waals surface area contributed by atoms with Gasteiger partial charge in [0.2, 0.25) is 0 Å². The number of carboxylic acid groups (broad SMARTS) is 1. The fourth-order valence-electron chi connectivity index (χ4n) is 4.60. The maximum absolute atomic E-state index is 12.4. The smallest absolute Gasteiger partial charge is 0.303 e. The zero-order valence-electron chi connectivity index (χ0n) is 14.4. The maximum atomic E-state index is 12.4. The molecule has 3 aliphatic carbocycles. The van der Waals surface area contributed by atoms with E-state index >= 15 is 0 Å². The number of ketones is 1. The van der Waals surface area contributed by atoms with E-state index in [1.807, 2.05) is 26.0 Å². The van der Waals surface area contributed by atoms with E-state index in [-0.39, 0.29) is 16.6 Å². The number of carbonyl (C=O) groups excluding carboxylic acids is 1. The Morgan fingerprint density at radius 3 is 1.96 bits per heavy atom. The minimum absolute atomic E-state index is 0.0312. The van der Waals surface area contributed by atoms with Crippen molar-refractivity contribution in [3.63, 3.8) is 0 Å². The molecule has 1 aromatic rings. The van der Waals surface area contributed by atoms with Gasteiger partial charge >= 0.3 is 5.97 Å². The first kappa shape index (κ1) is 17.7. The zero-order valence-corrected chi connectivity index (χ0v) is 16.0. The summed E-state index contributed by atoms with van der Waals surface area (Å²) in [5.74, 6) is -0.566. The van der Waals surface area contributed by atoms with Crippen molar-refractivity contribution in [2.75, 3.05) is 0 Å². The van der Waals surface area contributed by atoms with Crippen LogP contribution in [0.5, 0.6) is 0 Å². The van der Waals surface area contributed by atoms with Crippen LogP contribution in [0.25, 0.3) is 0 Å². The number of benzene rings is 1. The summed E-state index contributed by atoms with van der Waals surface area (Å²) in [5.41, 5.74) is 2.27. The third kappa shape index (κ3) is 3.17. The lowest BCUT2D eigenvalue weighted by Crippen LogP contribution is -2.45. The molecule has 24 heavy (non-hydrogen) atoms. The molecule has 3 nitrogen and oxygen atoms in total. The van der Waals surface area contributed by atoms with Crippen molar-refractivity contribution >= 4 is 27.7 Å². The topological polar surface area (TPSA) is 54.4 Å². The highest BCUT2D eigenvalue weighted by Crippen LogP contribution is 2.59. The summed E-state index contributed by atoms with van der Waals surface area (Å²) in [6.07, 6.45) is 6.54. The summed E-state index contributed by atoms with van der Waals surface area (Å²) < 4.78 is -0.543. The van der Waals surface area contributed by atoms with Crippen molar-refractivity contribution in [3.05, 3.63) is 35.4 Å². The third-order valence-electron chi connectivity index (χ3n) is 6.23. The summed E-state index contributed by atoms with van der Waals surface area (Å²) in [6, 6.07) is 8.12. The van der Waals surface area contributed by atoms with Gasteiger partial charge in [-0.15, -0.1) is 0 Å². The second kappa shape index (κ2) is 5.98. The van der Waals surface area contributed by atoms with Gasteiger partial charge in [0, 0.05) is 5.56 Å². The SMILES string of the molecule is CC(C)(Br)C(=O)c1ccc(C23CCC(CC(=O)O)(CC2)CC3)cc1. The second-order valence-corrected chi connectivity index (χ2v) is 10.2. The van der Waals surface area contributed by atoms with Crippen LogP contribution in [-0.2, 0) is 10.2 Å². The molecular formula is C20H25BrO3. The van der Waals surface area contributed by atoms with Crippen molar-refractivity contribution in [3.8, 4) is 0 Å². The highest BCUT2D eigenvalue weighted by Gasteiger charge is 2.49. The summed E-state index contributed by atoms with van der Waals surface area (Å²) >= 11 is 3.43. The molecule has 0 heterocycles. The van der Waals surface area contributed by atoms with Gasteiger partial charge in [-0.1, -0.05) is 40.2 Å². The summed E-state index contributed by atoms with van der Waals surface area (Å²) in [4.78, 5) is 23.5. The van der Waals surface area contributed by atoms with E-state index in [1.165, 1.54) is 5.56 Å². The molecule has 4 rings (SSSR count). The van der Waals surface area contributed by atoms with Crippen LogP contribution >= 0.6 is 15.9 Å². The Bertz CT molecular complexity index is 630. The molecule has 0 atom stereocenters. The summed E-state index contributed by atoms with van der Waals surface area (Å²) in [6.45, 7) is 3.73. The third-order valence-corrected chi connectivity index (χ3v) is 6.59. The van der Waals surface area contributed by atoms with Gasteiger partial charge in [-0.3, -0.25) is 9.59 Å². The van der Waals surface area contributed by atoms with Crippen LogP contribution in [0.4, 0.5) is 0 Å². The molecule has 3 saturated carbocycles. The predicted molar refractivity (Wildman–Crippen MR) is 97.8 cm³/mol. The van der Waals surface area contributed by atoms with Gasteiger partial charge < -0.3 is 5.11 Å². The lowest BCUT2D eigenvalue weighted by molar-refractivity contribution is -0.142. The first-order valence-electron chi connectivity index (χ1n) is 8.72. The molecule has 0 aromatic heterocycles. The number of fused-ring (bicyclic) bond motifs is 3. The van der Waals surface area contributed by atoms with Gasteiger partial charge in [-0.2, -0.15) is 0 Å². The number of carboxylic acids is 1. The molecule has 0 saturated heterocycles. The lowest BCUT2D eigenvalue weighted by atomic mass is 9.51. The van der Waals surface area contributed by atoms with Crippen LogP contribution < -0.4 is 0 Å². The molecule has 4 heteroatoms. The van der Waals surface area contributed by atoms with Crippen molar-refractivity contribution in [1.29, 1.82) is 0 Å². The number of hydrogen-bond acceptors (Lipinski definition) is 2. The van der Waals surface area contributed by atoms with E-state index in [4.69, 9.17) is 0 Å². The number of halogens is 1. The Morgan fingerprint density at radius 2 is 1.54 bits per heavy atom. The molecular weight excluding hydrogens is 368 g/mol. The molecule has 1 aromatic carbocycles. The number of carbonyl (C=O) groups is 2. The highest BCUT2D eigenvalue weighted by molar-refractivity contribution is 9.10. The normalized spacial score (nSPS) is 29.5. The van der Waals surface area contributed by atoms with Crippen LogP contribution in [0.1, 0.15) is 74.7 Å². The number of hydrogen-bond donors (Lipinski definition) is 1. The zero-order chi connectivity index (χ0) is 17.6. The number of rotatable bonds is 5. The van der Waals surface area contributed by atoms with Crippen molar-refractivity contribution < 1.29 is 14.7 Å². The number of aliphatic carboxylic acids is 1. The first-order chi connectivity index (χ1) is 11.2. The molecule has 3 aliphatic rings. The van der Waals surface area contributed by atoms with E-state index in [0.29, 0.717) is 6.42 Å². The standard InChI is InChI=1S/C20H25BrO3/c1-18(2,21)17(24)14-3-5-15(6-4-14)20-10-7-19(8-11-20,9-12-20)13-16(22)23/h3-6H,7-13H2,1-2H3,(H,22,23). The van der Waals surface area contributed by atoms with Crippen molar-refractivity contribution in [2.45, 2.75) is 68.5 Å². The molecule has 3 fully saturated rings. The minimum atomic E-state index is -0.662. The molecule has 0 aliphatic heterocycles. The summed E-state index contributed by atoms with van der Waals surface area (Å²) in [7, 11) is 0. The van der Waals surface area contributed by atoms with E-state index in [2.05, 4.69) is 28.1 Å². The lowest BCUT2D eigenvalue weighted by Gasteiger charge is -2.53. The molecule has 1 N–H and O–H groups in total. The molecule has 130 valence electrons. The number of Topliss-reactive ketones (excluding diaryl/α,β-unsaturated/α-hetero) is 1. The van der Waals surface area contributed by atoms with Gasteiger partial charge in [-0.25, -0.2) is 0 Å². The van der Waals surface area contributed by atoms with Crippen molar-refractivity contribution in [2.24, 2.45) is 5.41 Å². The van der Waals surface area contributed by atoms with Gasteiger partial charge in [-0.05, 0) is 68.8 Å². The minimum Gasteiger partial charge on any atom is -0.481 e. The van der Waals surface area contributed by atoms with E-state index in [0.717, 1.165) is 44.1 Å². The van der Waals surface area contributed by atoms with Gasteiger partial charge in [0.05, 0.1) is 10.7 Å². The van der Waals surface area contributed by atoms with Crippen LogP contribution in [0.3, 0.4) is 0 Å². The maximum Gasteiger partial charge on any atom is 0.303 e. The van der Waals surface area contributed by atoms with E-state index in [9.17, 15) is 14.7 Å². The van der Waals surface area contributed by atoms with Crippen LogP contribution in [0.15, 0.2) is 24.3 Å². The Hall–Kier alpha value is -1.16. The Labute approximate surface area is 152 Å². The van der Waals surface area contributed by atoms with E-state index < -0.39 is 10.3 Å². The van der Waals surface area contributed by atoms with E-state index in [1.54, 1.807) is 0 Å². The molecule has 2 bridgehead atoms. The second-order valence-electron chi connectivity index (χ2n) is 8.23. The molecule has 0 spiro atoms. The monoisotopic (exact) mass is 392 g/mol. The fourth-order valence-corrected chi connectivity index (χ4v) is 4.83. The predicted octanol–water partition coefficient (Wildman–Crippen LogP) is 5.11. The molecule has 0 radical (unpaired) electrons. The van der Waals surface area contributed by atoms with Gasteiger partial charge in [0.15, 0.2) is 5.78 Å². The fraction of sp³-hybridized carbons (Fsp3) is 0.600. The van der Waals surface area contributed by atoms with Gasteiger partial charge in [0.25, 0.3) is 0 Å². The highest BCUT2D eigenvalue weighted by atomic mass is 79.9. The van der Waals surface area contributed by atoms with Gasteiger partial charge in [0.1, 0.15) is 0 Å². The number of alkyl halides is 1. The van der Waals surface area contributed by atoms with Crippen molar-refractivity contribution in [1.82, 2.24) is 0 Å². The van der Waals surface area contributed by atoms with Crippen LogP contribution in [0.2, 0.25) is 0 Å². The van der Waals surface area contributed by atoms with Crippen LogP contribution in [0, 0.1) is 5.41 Å². The average Bonchev–Trinajstić information content (AvgIpc) is 2.54. The summed E-state index contributed by atoms with van der Waals surface area (Å²) in [5, 5.41) is 9.17. The Morgan fingerprint density at radius 1 is 1.04 bits per heavy atom. The Balaban J connectivity index is 1.77. The molecule has 0 amide bonds.